The van der Waals surface area contributed by atoms with Crippen LogP contribution in [0.1, 0.15) is 6.92 Å². The van der Waals surface area contributed by atoms with E-state index < -0.39 is 0 Å². The molecule has 1 amide bonds. The molecule has 0 fully saturated rings. The molecule has 0 spiro atoms. The fourth-order valence-corrected chi connectivity index (χ4v) is 2.47. The van der Waals surface area contributed by atoms with E-state index in [1.807, 2.05) is 24.3 Å². The lowest BCUT2D eigenvalue weighted by atomic mass is 9.95. The van der Waals surface area contributed by atoms with Crippen LogP contribution >= 0.6 is 0 Å². The Morgan fingerprint density at radius 3 is 2.89 bits per heavy atom. The van der Waals surface area contributed by atoms with E-state index in [1.165, 1.54) is 12.5 Å². The molecular formula is C15H13NO2. The summed E-state index contributed by atoms with van der Waals surface area (Å²) in [5.74, 6) is 0.385. The number of fused-ring (bicyclic) bond motifs is 2. The van der Waals surface area contributed by atoms with E-state index in [9.17, 15) is 9.90 Å². The molecule has 3 heteroatoms. The van der Waals surface area contributed by atoms with Crippen molar-refractivity contribution in [2.75, 3.05) is 0 Å². The second kappa shape index (κ2) is 3.88. The van der Waals surface area contributed by atoms with Crippen molar-refractivity contribution in [1.82, 2.24) is 5.32 Å². The van der Waals surface area contributed by atoms with Crippen molar-refractivity contribution in [1.29, 1.82) is 0 Å². The molecule has 0 radical (unpaired) electrons. The number of benzene rings is 1. The van der Waals surface area contributed by atoms with Crippen molar-refractivity contribution in [2.45, 2.75) is 6.92 Å². The second-order valence-corrected chi connectivity index (χ2v) is 4.56. The fourth-order valence-electron chi connectivity index (χ4n) is 2.47. The quantitative estimate of drug-likeness (QED) is 0.751. The molecule has 2 aliphatic rings. The summed E-state index contributed by atoms with van der Waals surface area (Å²) in [6.45, 7) is 1.50. The number of aromatic hydroxyl groups is 1. The summed E-state index contributed by atoms with van der Waals surface area (Å²) in [6.07, 6.45) is 8.04. The van der Waals surface area contributed by atoms with Crippen molar-refractivity contribution in [3.8, 4) is 5.75 Å². The zero-order chi connectivity index (χ0) is 12.7. The third-order valence-corrected chi connectivity index (χ3v) is 3.19. The largest absolute Gasteiger partial charge is 0.508 e. The van der Waals surface area contributed by atoms with Gasteiger partial charge in [0.25, 0.3) is 0 Å². The van der Waals surface area contributed by atoms with Crippen molar-refractivity contribution in [3.05, 3.63) is 52.6 Å². The lowest BCUT2D eigenvalue weighted by Crippen LogP contribution is -2.22. The van der Waals surface area contributed by atoms with Crippen molar-refractivity contribution in [2.24, 2.45) is 5.92 Å². The minimum Gasteiger partial charge on any atom is -0.508 e. The van der Waals surface area contributed by atoms with Crippen LogP contribution in [0.3, 0.4) is 0 Å². The Morgan fingerprint density at radius 1 is 1.28 bits per heavy atom. The van der Waals surface area contributed by atoms with Gasteiger partial charge < -0.3 is 10.4 Å². The Balaban J connectivity index is 2.08. The van der Waals surface area contributed by atoms with Gasteiger partial charge in [0.2, 0.25) is 5.91 Å². The van der Waals surface area contributed by atoms with Crippen LogP contribution in [0, 0.1) is 5.92 Å². The summed E-state index contributed by atoms with van der Waals surface area (Å²) in [7, 11) is 0. The second-order valence-electron chi connectivity index (χ2n) is 4.56. The predicted molar refractivity (Wildman–Crippen MR) is 69.8 cm³/mol. The van der Waals surface area contributed by atoms with E-state index in [0.29, 0.717) is 0 Å². The van der Waals surface area contributed by atoms with Crippen LogP contribution in [0.2, 0.25) is 0 Å². The highest BCUT2D eigenvalue weighted by Gasteiger charge is 2.18. The summed E-state index contributed by atoms with van der Waals surface area (Å²) in [5.41, 5.74) is 2.03. The highest BCUT2D eigenvalue weighted by Crippen LogP contribution is 2.25. The number of allylic oxidation sites excluding steroid dienone is 3. The SMILES string of the molecule is CC(=O)NC1=C[C@@H]2C=c3cc(O)ccc3=C2C=C1. The lowest BCUT2D eigenvalue weighted by molar-refractivity contribution is -0.118. The van der Waals surface area contributed by atoms with Gasteiger partial charge in [0, 0.05) is 18.5 Å². The lowest BCUT2D eigenvalue weighted by Gasteiger charge is -2.14. The average molecular weight is 239 g/mol. The van der Waals surface area contributed by atoms with Crippen LogP contribution in [-0.2, 0) is 4.79 Å². The Hall–Kier alpha value is -2.29. The summed E-state index contributed by atoms with van der Waals surface area (Å²) >= 11 is 0. The highest BCUT2D eigenvalue weighted by molar-refractivity contribution is 5.79. The van der Waals surface area contributed by atoms with Gasteiger partial charge in [-0.25, -0.2) is 0 Å². The molecule has 1 aromatic rings. The van der Waals surface area contributed by atoms with Crippen molar-refractivity contribution < 1.29 is 9.90 Å². The maximum atomic E-state index is 11.0. The first-order chi connectivity index (χ1) is 8.63. The minimum absolute atomic E-state index is 0.0671. The van der Waals surface area contributed by atoms with Crippen molar-refractivity contribution >= 4 is 17.6 Å². The number of amides is 1. The zero-order valence-corrected chi connectivity index (χ0v) is 9.97. The number of phenols is 1. The molecule has 0 aliphatic heterocycles. The van der Waals surface area contributed by atoms with Gasteiger partial charge in [-0.05, 0) is 40.3 Å². The third-order valence-electron chi connectivity index (χ3n) is 3.19. The smallest absolute Gasteiger partial charge is 0.221 e. The van der Waals surface area contributed by atoms with Crippen LogP contribution in [-0.4, -0.2) is 11.0 Å². The third kappa shape index (κ3) is 1.74. The van der Waals surface area contributed by atoms with Crippen molar-refractivity contribution in [3.63, 3.8) is 0 Å². The Labute approximate surface area is 104 Å². The highest BCUT2D eigenvalue weighted by atomic mass is 16.3. The zero-order valence-electron chi connectivity index (χ0n) is 9.97. The molecule has 1 atom stereocenters. The number of hydrogen-bond donors (Lipinski definition) is 2. The normalized spacial score (nSPS) is 19.7. The van der Waals surface area contributed by atoms with Gasteiger partial charge in [-0.2, -0.15) is 0 Å². The number of carbonyl (C=O) groups excluding carboxylic acids is 1. The molecule has 0 heterocycles. The van der Waals surface area contributed by atoms with Crippen LogP contribution in [0.15, 0.2) is 42.1 Å². The number of nitrogens with one attached hydrogen (secondary N) is 1. The molecule has 0 saturated heterocycles. The minimum atomic E-state index is -0.0671. The van der Waals surface area contributed by atoms with Crippen LogP contribution < -0.4 is 15.8 Å². The average Bonchev–Trinajstić information content (AvgIpc) is 2.64. The van der Waals surface area contributed by atoms with E-state index in [0.717, 1.165) is 16.1 Å². The summed E-state index contributed by atoms with van der Waals surface area (Å²) in [6, 6.07) is 5.39. The van der Waals surface area contributed by atoms with Gasteiger partial charge in [-0.1, -0.05) is 18.2 Å². The Kier molecular flexibility index (Phi) is 2.33. The first-order valence-corrected chi connectivity index (χ1v) is 5.86. The standard InChI is InChI=1S/C15H13NO2/c1-9(17)16-12-2-4-14-10(7-12)6-11-8-13(18)3-5-15(11)14/h2-8,10,18H,1H3,(H,16,17)/t10-/m0/s1. The summed E-state index contributed by atoms with van der Waals surface area (Å²) in [5, 5.41) is 14.5. The molecule has 0 unspecified atom stereocenters. The monoisotopic (exact) mass is 239 g/mol. The van der Waals surface area contributed by atoms with E-state index in [4.69, 9.17) is 0 Å². The molecule has 0 bridgehead atoms. The number of carbonyl (C=O) groups is 1. The van der Waals surface area contributed by atoms with Gasteiger partial charge in [0.15, 0.2) is 0 Å². The van der Waals surface area contributed by atoms with Gasteiger partial charge in [0.1, 0.15) is 5.75 Å². The fraction of sp³-hybridized carbons (Fsp3) is 0.133. The molecule has 18 heavy (non-hydrogen) atoms. The molecule has 2 N–H and O–H groups in total. The van der Waals surface area contributed by atoms with E-state index in [2.05, 4.69) is 11.4 Å². The molecule has 3 nitrogen and oxygen atoms in total. The maximum absolute atomic E-state index is 11.0. The Bertz CT molecular complexity index is 710. The number of hydrogen-bond acceptors (Lipinski definition) is 2. The first-order valence-electron chi connectivity index (χ1n) is 5.86. The molecule has 90 valence electrons. The topological polar surface area (TPSA) is 49.3 Å². The van der Waals surface area contributed by atoms with Crippen LogP contribution in [0.4, 0.5) is 0 Å². The summed E-state index contributed by atoms with van der Waals surface area (Å²) in [4.78, 5) is 11.0. The van der Waals surface area contributed by atoms with Gasteiger partial charge in [-0.15, -0.1) is 0 Å². The molecule has 0 aromatic heterocycles. The van der Waals surface area contributed by atoms with Gasteiger partial charge >= 0.3 is 0 Å². The molecule has 0 saturated carbocycles. The predicted octanol–water partition coefficient (Wildman–Crippen LogP) is 0.543. The van der Waals surface area contributed by atoms with Gasteiger partial charge in [0.05, 0.1) is 0 Å². The van der Waals surface area contributed by atoms with E-state index in [1.54, 1.807) is 12.1 Å². The first kappa shape index (κ1) is 10.8. The summed E-state index contributed by atoms with van der Waals surface area (Å²) < 4.78 is 0. The van der Waals surface area contributed by atoms with E-state index >= 15 is 0 Å². The van der Waals surface area contributed by atoms with Crippen LogP contribution in [0.25, 0.3) is 11.6 Å². The number of rotatable bonds is 1. The molecule has 2 aliphatic carbocycles. The van der Waals surface area contributed by atoms with Gasteiger partial charge in [-0.3, -0.25) is 4.79 Å². The molecule has 3 rings (SSSR count). The maximum Gasteiger partial charge on any atom is 0.221 e. The van der Waals surface area contributed by atoms with E-state index in [-0.39, 0.29) is 17.6 Å². The molecular weight excluding hydrogens is 226 g/mol. The Morgan fingerprint density at radius 2 is 2.11 bits per heavy atom. The van der Waals surface area contributed by atoms with Crippen LogP contribution in [0.5, 0.6) is 5.75 Å². The molecule has 1 aromatic carbocycles. The number of phenolic OH excluding ortho intramolecular Hbond substituents is 1.